The number of halogens is 3. The Kier molecular flexibility index (Phi) is 5.44. The highest BCUT2D eigenvalue weighted by atomic mass is 19.4. The highest BCUT2D eigenvalue weighted by molar-refractivity contribution is 5.94. The molecule has 1 aromatic carbocycles. The summed E-state index contributed by atoms with van der Waals surface area (Å²) < 4.78 is 43.0. The SMILES string of the molecule is O=C(NC1CCCCC1)c1ccc(Oc2ccc(C(F)(F)F)cn2)cc1. The van der Waals surface area contributed by atoms with Crippen LogP contribution in [-0.4, -0.2) is 16.9 Å². The van der Waals surface area contributed by atoms with Crippen LogP contribution >= 0.6 is 0 Å². The molecule has 138 valence electrons. The van der Waals surface area contributed by atoms with E-state index in [4.69, 9.17) is 4.74 Å². The third-order valence-corrected chi connectivity index (χ3v) is 4.34. The van der Waals surface area contributed by atoms with Gasteiger partial charge in [0.15, 0.2) is 0 Å². The molecule has 1 fully saturated rings. The van der Waals surface area contributed by atoms with Gasteiger partial charge in [0.1, 0.15) is 5.75 Å². The number of carbonyl (C=O) groups excluding carboxylic acids is 1. The van der Waals surface area contributed by atoms with E-state index < -0.39 is 11.7 Å². The molecule has 4 nitrogen and oxygen atoms in total. The zero-order chi connectivity index (χ0) is 18.6. The van der Waals surface area contributed by atoms with Gasteiger partial charge in [-0.1, -0.05) is 19.3 Å². The van der Waals surface area contributed by atoms with Crippen LogP contribution in [0.3, 0.4) is 0 Å². The zero-order valence-electron chi connectivity index (χ0n) is 14.1. The number of rotatable bonds is 4. The van der Waals surface area contributed by atoms with Crippen molar-refractivity contribution in [1.29, 1.82) is 0 Å². The first kappa shape index (κ1) is 18.2. The average molecular weight is 364 g/mol. The highest BCUT2D eigenvalue weighted by Gasteiger charge is 2.30. The average Bonchev–Trinajstić information content (AvgIpc) is 2.63. The summed E-state index contributed by atoms with van der Waals surface area (Å²) in [7, 11) is 0. The number of nitrogens with zero attached hydrogens (tertiary/aromatic N) is 1. The molecule has 26 heavy (non-hydrogen) atoms. The molecule has 0 bridgehead atoms. The number of hydrogen-bond donors (Lipinski definition) is 1. The minimum Gasteiger partial charge on any atom is -0.439 e. The molecule has 0 spiro atoms. The van der Waals surface area contributed by atoms with Crippen molar-refractivity contribution in [3.05, 3.63) is 53.7 Å². The van der Waals surface area contributed by atoms with E-state index in [-0.39, 0.29) is 17.8 Å². The maximum absolute atomic E-state index is 12.5. The van der Waals surface area contributed by atoms with Crippen LogP contribution in [-0.2, 0) is 6.18 Å². The number of amides is 1. The first-order valence-electron chi connectivity index (χ1n) is 8.54. The molecule has 1 saturated carbocycles. The standard InChI is InChI=1S/C19H19F3N2O2/c20-19(21,22)14-8-11-17(23-12-14)26-16-9-6-13(7-10-16)18(25)24-15-4-2-1-3-5-15/h6-12,15H,1-5H2,(H,24,25). The van der Waals surface area contributed by atoms with Crippen molar-refractivity contribution in [1.82, 2.24) is 10.3 Å². The van der Waals surface area contributed by atoms with E-state index in [1.807, 2.05) is 0 Å². The van der Waals surface area contributed by atoms with Crippen molar-refractivity contribution in [2.75, 3.05) is 0 Å². The third kappa shape index (κ3) is 4.74. The molecule has 0 radical (unpaired) electrons. The van der Waals surface area contributed by atoms with Crippen LogP contribution in [0.2, 0.25) is 0 Å². The summed E-state index contributed by atoms with van der Waals surface area (Å²) in [5.41, 5.74) is -0.317. The van der Waals surface area contributed by atoms with Gasteiger partial charge in [-0.05, 0) is 43.2 Å². The second-order valence-corrected chi connectivity index (χ2v) is 6.32. The molecule has 2 aromatic rings. The second-order valence-electron chi connectivity index (χ2n) is 6.32. The summed E-state index contributed by atoms with van der Waals surface area (Å²) in [5.74, 6) is 0.319. The van der Waals surface area contributed by atoms with Crippen molar-refractivity contribution >= 4 is 5.91 Å². The van der Waals surface area contributed by atoms with Crippen molar-refractivity contribution in [2.45, 2.75) is 44.3 Å². The number of nitrogens with one attached hydrogen (secondary N) is 1. The van der Waals surface area contributed by atoms with E-state index in [0.29, 0.717) is 11.3 Å². The van der Waals surface area contributed by atoms with Crippen LogP contribution in [0.1, 0.15) is 48.0 Å². The fraction of sp³-hybridized carbons (Fsp3) is 0.368. The number of aromatic nitrogens is 1. The summed E-state index contributed by atoms with van der Waals surface area (Å²) in [6.07, 6.45) is 1.80. The van der Waals surface area contributed by atoms with Gasteiger partial charge in [-0.25, -0.2) is 4.98 Å². The predicted molar refractivity (Wildman–Crippen MR) is 90.1 cm³/mol. The topological polar surface area (TPSA) is 51.2 Å². The molecule has 1 N–H and O–H groups in total. The molecule has 0 saturated heterocycles. The number of pyridine rings is 1. The Morgan fingerprint density at radius 1 is 1.04 bits per heavy atom. The van der Waals surface area contributed by atoms with Crippen molar-refractivity contribution in [3.63, 3.8) is 0 Å². The monoisotopic (exact) mass is 364 g/mol. The van der Waals surface area contributed by atoms with Gasteiger partial charge in [0.25, 0.3) is 5.91 Å². The van der Waals surface area contributed by atoms with Gasteiger partial charge in [0.2, 0.25) is 5.88 Å². The lowest BCUT2D eigenvalue weighted by Gasteiger charge is -2.22. The quantitative estimate of drug-likeness (QED) is 0.835. The van der Waals surface area contributed by atoms with Gasteiger partial charge in [-0.2, -0.15) is 13.2 Å². The Bertz CT molecular complexity index is 737. The Morgan fingerprint density at radius 2 is 1.73 bits per heavy atom. The first-order valence-corrected chi connectivity index (χ1v) is 8.54. The molecule has 1 aromatic heterocycles. The van der Waals surface area contributed by atoms with Crippen molar-refractivity contribution in [3.8, 4) is 11.6 Å². The molecular weight excluding hydrogens is 345 g/mol. The summed E-state index contributed by atoms with van der Waals surface area (Å²) in [5, 5.41) is 3.03. The molecule has 3 rings (SSSR count). The predicted octanol–water partition coefficient (Wildman–Crippen LogP) is 4.96. The number of benzene rings is 1. The van der Waals surface area contributed by atoms with E-state index in [1.54, 1.807) is 24.3 Å². The molecule has 0 aliphatic heterocycles. The van der Waals surface area contributed by atoms with Crippen LogP contribution in [0.15, 0.2) is 42.6 Å². The molecule has 0 unspecified atom stereocenters. The van der Waals surface area contributed by atoms with Crippen molar-refractivity contribution in [2.24, 2.45) is 0 Å². The van der Waals surface area contributed by atoms with Crippen LogP contribution in [0.5, 0.6) is 11.6 Å². The van der Waals surface area contributed by atoms with Crippen LogP contribution in [0.25, 0.3) is 0 Å². The molecule has 1 aliphatic carbocycles. The van der Waals surface area contributed by atoms with E-state index in [2.05, 4.69) is 10.3 Å². The number of carbonyl (C=O) groups is 1. The zero-order valence-corrected chi connectivity index (χ0v) is 14.1. The lowest BCUT2D eigenvalue weighted by Crippen LogP contribution is -2.36. The lowest BCUT2D eigenvalue weighted by atomic mass is 9.95. The van der Waals surface area contributed by atoms with Gasteiger partial charge in [-0.3, -0.25) is 4.79 Å². The molecule has 1 heterocycles. The van der Waals surface area contributed by atoms with Gasteiger partial charge in [0.05, 0.1) is 5.56 Å². The lowest BCUT2D eigenvalue weighted by molar-refractivity contribution is -0.137. The van der Waals surface area contributed by atoms with Gasteiger partial charge in [0, 0.05) is 23.9 Å². The smallest absolute Gasteiger partial charge is 0.417 e. The van der Waals surface area contributed by atoms with E-state index in [9.17, 15) is 18.0 Å². The molecule has 0 atom stereocenters. The van der Waals surface area contributed by atoms with Gasteiger partial charge >= 0.3 is 6.18 Å². The maximum Gasteiger partial charge on any atom is 0.417 e. The Balaban J connectivity index is 1.59. The fourth-order valence-electron chi connectivity index (χ4n) is 2.92. The third-order valence-electron chi connectivity index (χ3n) is 4.34. The molecule has 1 aliphatic rings. The second kappa shape index (κ2) is 7.76. The van der Waals surface area contributed by atoms with Gasteiger partial charge < -0.3 is 10.1 Å². The highest BCUT2D eigenvalue weighted by Crippen LogP contribution is 2.30. The van der Waals surface area contributed by atoms with Crippen LogP contribution < -0.4 is 10.1 Å². The van der Waals surface area contributed by atoms with E-state index >= 15 is 0 Å². The van der Waals surface area contributed by atoms with E-state index in [1.165, 1.54) is 6.42 Å². The summed E-state index contributed by atoms with van der Waals surface area (Å²) in [6.45, 7) is 0. The first-order chi connectivity index (χ1) is 12.4. The van der Waals surface area contributed by atoms with E-state index in [0.717, 1.165) is 44.0 Å². The normalized spacial score (nSPS) is 15.5. The number of ether oxygens (including phenoxy) is 1. The largest absolute Gasteiger partial charge is 0.439 e. The summed E-state index contributed by atoms with van der Waals surface area (Å²) >= 11 is 0. The Hall–Kier alpha value is -2.57. The molecule has 1 amide bonds. The minimum absolute atomic E-state index is 0.0532. The fourth-order valence-corrected chi connectivity index (χ4v) is 2.92. The number of hydrogen-bond acceptors (Lipinski definition) is 3. The Labute approximate surface area is 149 Å². The summed E-state index contributed by atoms with van der Waals surface area (Å²) in [4.78, 5) is 15.9. The van der Waals surface area contributed by atoms with Crippen LogP contribution in [0.4, 0.5) is 13.2 Å². The van der Waals surface area contributed by atoms with Crippen LogP contribution in [0, 0.1) is 0 Å². The van der Waals surface area contributed by atoms with Crippen molar-refractivity contribution < 1.29 is 22.7 Å². The number of alkyl halides is 3. The molecular formula is C19H19F3N2O2. The Morgan fingerprint density at radius 3 is 2.31 bits per heavy atom. The summed E-state index contributed by atoms with van der Waals surface area (Å²) in [6, 6.07) is 8.73. The maximum atomic E-state index is 12.5. The molecule has 7 heteroatoms. The minimum atomic E-state index is -4.43. The van der Waals surface area contributed by atoms with Gasteiger partial charge in [-0.15, -0.1) is 0 Å².